The lowest BCUT2D eigenvalue weighted by Gasteiger charge is -2.35. The zero-order valence-corrected chi connectivity index (χ0v) is 17.3. The van der Waals surface area contributed by atoms with Gasteiger partial charge in [-0.2, -0.15) is 0 Å². The molecule has 2 aliphatic rings. The molecular weight excluding hydrogens is 388 g/mol. The van der Waals surface area contributed by atoms with Crippen LogP contribution in [0.4, 0.5) is 0 Å². The zero-order chi connectivity index (χ0) is 18.7. The molecule has 1 unspecified atom stereocenters. The lowest BCUT2D eigenvalue weighted by atomic mass is 10.0. The van der Waals surface area contributed by atoms with Crippen molar-refractivity contribution in [2.75, 3.05) is 19.6 Å². The average Bonchev–Trinajstić information content (AvgIpc) is 2.90. The summed E-state index contributed by atoms with van der Waals surface area (Å²) in [4.78, 5) is 19.6. The van der Waals surface area contributed by atoms with Crippen LogP contribution in [-0.4, -0.2) is 56.8 Å². The molecule has 1 aromatic carbocycles. The van der Waals surface area contributed by atoms with Crippen molar-refractivity contribution in [2.24, 2.45) is 4.99 Å². The molecule has 1 atom stereocenters. The van der Waals surface area contributed by atoms with Gasteiger partial charge in [-0.15, -0.1) is 12.4 Å². The fourth-order valence-corrected chi connectivity index (χ4v) is 4.79. The van der Waals surface area contributed by atoms with Crippen LogP contribution >= 0.6 is 12.4 Å². The van der Waals surface area contributed by atoms with Gasteiger partial charge in [-0.3, -0.25) is 14.5 Å². The second-order valence-corrected chi connectivity index (χ2v) is 8.42. The second kappa shape index (κ2) is 9.03. The number of nitrogens with zero attached hydrogens (tertiary/aromatic N) is 2. The maximum atomic E-state index is 13.0. The third kappa shape index (κ3) is 4.62. The molecule has 27 heavy (non-hydrogen) atoms. The number of amidine groups is 1. The number of fused-ring (bicyclic) bond motifs is 1. The van der Waals surface area contributed by atoms with Gasteiger partial charge in [0, 0.05) is 18.2 Å². The van der Waals surface area contributed by atoms with Crippen molar-refractivity contribution >= 4 is 34.2 Å². The van der Waals surface area contributed by atoms with Crippen molar-refractivity contribution < 1.29 is 13.2 Å². The van der Waals surface area contributed by atoms with Crippen LogP contribution in [0.5, 0.6) is 0 Å². The van der Waals surface area contributed by atoms with Gasteiger partial charge in [0.2, 0.25) is 5.91 Å². The molecule has 0 bridgehead atoms. The van der Waals surface area contributed by atoms with Gasteiger partial charge in [-0.1, -0.05) is 19.1 Å². The van der Waals surface area contributed by atoms with Crippen molar-refractivity contribution in [2.45, 2.75) is 50.1 Å². The highest BCUT2D eigenvalue weighted by Gasteiger charge is 2.33. The number of amides is 1. The predicted molar refractivity (Wildman–Crippen MR) is 108 cm³/mol. The minimum atomic E-state index is -3.59. The molecule has 1 amide bonds. The van der Waals surface area contributed by atoms with E-state index in [0.29, 0.717) is 12.1 Å². The number of halogens is 1. The fraction of sp³-hybridized carbons (Fsp3) is 0.556. The number of aliphatic imine (C=N–C) groups is 1. The first-order valence-electron chi connectivity index (χ1n) is 9.15. The van der Waals surface area contributed by atoms with E-state index in [2.05, 4.69) is 22.0 Å². The highest BCUT2D eigenvalue weighted by atomic mass is 35.5. The lowest BCUT2D eigenvalue weighted by molar-refractivity contribution is -0.135. The van der Waals surface area contributed by atoms with Crippen LogP contribution in [0.2, 0.25) is 0 Å². The number of carbonyl (C=O) groups is 1. The smallest absolute Gasteiger partial charge is 0.263 e. The predicted octanol–water partition coefficient (Wildman–Crippen LogP) is 1.53. The van der Waals surface area contributed by atoms with E-state index < -0.39 is 16.1 Å². The third-order valence-corrected chi connectivity index (χ3v) is 6.24. The fourth-order valence-electron chi connectivity index (χ4n) is 3.55. The largest absolute Gasteiger partial charge is 0.338 e. The summed E-state index contributed by atoms with van der Waals surface area (Å²) in [5.41, 5.74) is 0.524. The van der Waals surface area contributed by atoms with Crippen molar-refractivity contribution in [3.63, 3.8) is 0 Å². The standard InChI is InChI=1S/C18H26N4O3S.ClH/c1-3-12-22(14-8-10-19-11-9-14)18(23)13(2)20-17-15-6-4-5-7-16(15)26(24,25)21-17;/h4-7,13-14,19H,3,8-12H2,1-2H3,(H,20,21);1H. The van der Waals surface area contributed by atoms with Gasteiger partial charge in [0.25, 0.3) is 10.0 Å². The Labute approximate surface area is 167 Å². The van der Waals surface area contributed by atoms with E-state index in [1.54, 1.807) is 31.2 Å². The normalized spacial score (nSPS) is 21.0. The van der Waals surface area contributed by atoms with Crippen LogP contribution in [0.25, 0.3) is 0 Å². The van der Waals surface area contributed by atoms with Gasteiger partial charge in [-0.05, 0) is 51.4 Å². The summed E-state index contributed by atoms with van der Waals surface area (Å²) in [6.07, 6.45) is 2.75. The number of rotatable bonds is 5. The molecule has 1 fully saturated rings. The van der Waals surface area contributed by atoms with E-state index in [9.17, 15) is 13.2 Å². The molecule has 0 spiro atoms. The average molecular weight is 415 g/mol. The van der Waals surface area contributed by atoms with E-state index in [1.807, 2.05) is 4.90 Å². The van der Waals surface area contributed by atoms with Crippen LogP contribution in [0.1, 0.15) is 38.7 Å². The zero-order valence-electron chi connectivity index (χ0n) is 15.6. The second-order valence-electron chi connectivity index (χ2n) is 6.77. The van der Waals surface area contributed by atoms with Crippen LogP contribution in [0.3, 0.4) is 0 Å². The van der Waals surface area contributed by atoms with Gasteiger partial charge < -0.3 is 10.2 Å². The van der Waals surface area contributed by atoms with E-state index >= 15 is 0 Å². The van der Waals surface area contributed by atoms with Crippen LogP contribution in [-0.2, 0) is 14.8 Å². The Balaban J connectivity index is 0.00000261. The molecule has 2 aliphatic heterocycles. The molecule has 0 saturated carbocycles. The topological polar surface area (TPSA) is 90.9 Å². The van der Waals surface area contributed by atoms with E-state index in [4.69, 9.17) is 0 Å². The summed E-state index contributed by atoms with van der Waals surface area (Å²) in [5.74, 6) is 0.207. The van der Waals surface area contributed by atoms with E-state index in [1.165, 1.54) is 0 Å². The van der Waals surface area contributed by atoms with Crippen LogP contribution in [0, 0.1) is 0 Å². The Bertz CT molecular complexity index is 807. The molecule has 0 aliphatic carbocycles. The van der Waals surface area contributed by atoms with Gasteiger partial charge in [0.1, 0.15) is 11.9 Å². The SMILES string of the molecule is CCCN(C(=O)C(C)N=C1NS(=O)(=O)c2ccccc21)C1CCNCC1.Cl. The lowest BCUT2D eigenvalue weighted by Crippen LogP contribution is -2.49. The summed E-state index contributed by atoms with van der Waals surface area (Å²) >= 11 is 0. The summed E-state index contributed by atoms with van der Waals surface area (Å²) in [5, 5.41) is 3.32. The number of hydrogen-bond acceptors (Lipinski definition) is 5. The number of benzene rings is 1. The first-order chi connectivity index (χ1) is 12.4. The van der Waals surface area contributed by atoms with Crippen LogP contribution in [0.15, 0.2) is 34.2 Å². The molecule has 7 nitrogen and oxygen atoms in total. The Hall–Kier alpha value is -1.64. The van der Waals surface area contributed by atoms with E-state index in [-0.39, 0.29) is 35.1 Å². The molecule has 0 aromatic heterocycles. The minimum Gasteiger partial charge on any atom is -0.338 e. The maximum Gasteiger partial charge on any atom is 0.263 e. The number of piperidine rings is 1. The van der Waals surface area contributed by atoms with Crippen molar-refractivity contribution in [1.82, 2.24) is 14.9 Å². The first-order valence-corrected chi connectivity index (χ1v) is 10.6. The number of sulfonamides is 1. The molecule has 2 N–H and O–H groups in total. The third-order valence-electron chi connectivity index (χ3n) is 4.84. The highest BCUT2D eigenvalue weighted by Crippen LogP contribution is 2.23. The summed E-state index contributed by atoms with van der Waals surface area (Å²) in [6.45, 7) is 6.30. The molecule has 150 valence electrons. The quantitative estimate of drug-likeness (QED) is 0.764. The molecule has 9 heteroatoms. The molecule has 0 radical (unpaired) electrons. The first kappa shape index (κ1) is 21.7. The van der Waals surface area contributed by atoms with Gasteiger partial charge in [-0.25, -0.2) is 8.42 Å². The molecule has 2 heterocycles. The van der Waals surface area contributed by atoms with Crippen molar-refractivity contribution in [3.8, 4) is 0 Å². The Kier molecular flexibility index (Phi) is 7.25. The van der Waals surface area contributed by atoms with Gasteiger partial charge in [0.05, 0.1) is 4.90 Å². The Morgan fingerprint density at radius 1 is 1.30 bits per heavy atom. The monoisotopic (exact) mass is 414 g/mol. The number of hydrogen-bond donors (Lipinski definition) is 2. The van der Waals surface area contributed by atoms with Crippen molar-refractivity contribution in [1.29, 1.82) is 0 Å². The summed E-state index contributed by atoms with van der Waals surface area (Å²) in [6, 6.07) is 6.28. The van der Waals surface area contributed by atoms with Gasteiger partial charge >= 0.3 is 0 Å². The molecule has 1 aromatic rings. The molecular formula is C18H27ClN4O3S. The van der Waals surface area contributed by atoms with Crippen molar-refractivity contribution in [3.05, 3.63) is 29.8 Å². The maximum absolute atomic E-state index is 13.0. The summed E-state index contributed by atoms with van der Waals surface area (Å²) < 4.78 is 26.9. The number of nitrogens with one attached hydrogen (secondary N) is 2. The van der Waals surface area contributed by atoms with Crippen LogP contribution < -0.4 is 10.0 Å². The number of carbonyl (C=O) groups excluding carboxylic acids is 1. The molecule has 3 rings (SSSR count). The summed E-state index contributed by atoms with van der Waals surface area (Å²) in [7, 11) is -3.59. The Morgan fingerprint density at radius 3 is 2.63 bits per heavy atom. The van der Waals surface area contributed by atoms with Gasteiger partial charge in [0.15, 0.2) is 0 Å². The van der Waals surface area contributed by atoms with E-state index in [0.717, 1.165) is 32.4 Å². The minimum absolute atomic E-state index is 0. The highest BCUT2D eigenvalue weighted by molar-refractivity contribution is 7.90. The Morgan fingerprint density at radius 2 is 1.96 bits per heavy atom. The molecule has 1 saturated heterocycles.